The first-order valence-electron chi connectivity index (χ1n) is 7.52. The number of hydrogen-bond donors (Lipinski definition) is 1. The van der Waals surface area contributed by atoms with Crippen molar-refractivity contribution in [2.45, 2.75) is 64.5 Å². The van der Waals surface area contributed by atoms with Crippen molar-refractivity contribution < 1.29 is 4.74 Å². The van der Waals surface area contributed by atoms with Crippen LogP contribution < -0.4 is 5.73 Å². The average molecular weight is 256 g/mol. The van der Waals surface area contributed by atoms with Gasteiger partial charge in [0.05, 0.1) is 5.60 Å². The van der Waals surface area contributed by atoms with E-state index in [0.29, 0.717) is 0 Å². The molecule has 1 aliphatic heterocycles. The molecule has 0 aliphatic carbocycles. The Morgan fingerprint density at radius 2 is 2.06 bits per heavy atom. The first-order chi connectivity index (χ1) is 8.49. The van der Waals surface area contributed by atoms with E-state index in [-0.39, 0.29) is 11.6 Å². The van der Waals surface area contributed by atoms with Crippen LogP contribution in [0.3, 0.4) is 0 Å². The standard InChI is InChI=1S/C15H32N2O/c1-5-13-7-6-10-17(11-8-13)12-9-14(16)15(2,3)18-4/h13-14H,5-12,16H2,1-4H3. The van der Waals surface area contributed by atoms with E-state index in [9.17, 15) is 0 Å². The predicted octanol–water partition coefficient (Wildman–Crippen LogP) is 2.64. The summed E-state index contributed by atoms with van der Waals surface area (Å²) in [5, 5.41) is 0. The molecule has 0 bridgehead atoms. The molecule has 3 heteroatoms. The van der Waals surface area contributed by atoms with Crippen molar-refractivity contribution in [3.63, 3.8) is 0 Å². The maximum Gasteiger partial charge on any atom is 0.0773 e. The molecule has 0 aromatic carbocycles. The zero-order valence-corrected chi connectivity index (χ0v) is 12.7. The molecule has 1 rings (SSSR count). The second-order valence-corrected chi connectivity index (χ2v) is 6.25. The van der Waals surface area contributed by atoms with Gasteiger partial charge in [-0.2, -0.15) is 0 Å². The van der Waals surface area contributed by atoms with Crippen molar-refractivity contribution in [1.82, 2.24) is 4.90 Å². The van der Waals surface area contributed by atoms with Gasteiger partial charge in [-0.1, -0.05) is 13.3 Å². The van der Waals surface area contributed by atoms with E-state index in [1.165, 1.54) is 38.8 Å². The van der Waals surface area contributed by atoms with Crippen molar-refractivity contribution >= 4 is 0 Å². The van der Waals surface area contributed by atoms with Crippen molar-refractivity contribution in [3.8, 4) is 0 Å². The van der Waals surface area contributed by atoms with Gasteiger partial charge in [-0.05, 0) is 65.1 Å². The van der Waals surface area contributed by atoms with Gasteiger partial charge in [-0.3, -0.25) is 0 Å². The molecule has 0 aromatic heterocycles. The van der Waals surface area contributed by atoms with Gasteiger partial charge in [-0.25, -0.2) is 0 Å². The second kappa shape index (κ2) is 7.46. The summed E-state index contributed by atoms with van der Waals surface area (Å²) in [5.74, 6) is 0.944. The third-order valence-corrected chi connectivity index (χ3v) is 4.69. The number of hydrogen-bond acceptors (Lipinski definition) is 3. The van der Waals surface area contributed by atoms with Crippen LogP contribution in [-0.2, 0) is 4.74 Å². The van der Waals surface area contributed by atoms with E-state index < -0.39 is 0 Å². The zero-order valence-electron chi connectivity index (χ0n) is 12.7. The Morgan fingerprint density at radius 1 is 1.33 bits per heavy atom. The minimum atomic E-state index is -0.211. The lowest BCUT2D eigenvalue weighted by molar-refractivity contribution is -0.00366. The quantitative estimate of drug-likeness (QED) is 0.794. The third kappa shape index (κ3) is 4.87. The molecule has 0 saturated carbocycles. The predicted molar refractivity (Wildman–Crippen MR) is 77.8 cm³/mol. The maximum absolute atomic E-state index is 6.22. The van der Waals surface area contributed by atoms with Crippen LogP contribution in [0.1, 0.15) is 52.9 Å². The molecule has 1 fully saturated rings. The average Bonchev–Trinajstić information content (AvgIpc) is 2.60. The first-order valence-corrected chi connectivity index (χ1v) is 7.52. The Labute approximate surface area is 113 Å². The van der Waals surface area contributed by atoms with E-state index >= 15 is 0 Å². The van der Waals surface area contributed by atoms with Crippen molar-refractivity contribution in [2.24, 2.45) is 11.7 Å². The van der Waals surface area contributed by atoms with Gasteiger partial charge in [0.1, 0.15) is 0 Å². The van der Waals surface area contributed by atoms with E-state index in [1.54, 1.807) is 7.11 Å². The molecule has 18 heavy (non-hydrogen) atoms. The smallest absolute Gasteiger partial charge is 0.0773 e. The number of rotatable bonds is 6. The summed E-state index contributed by atoms with van der Waals surface area (Å²) in [5.41, 5.74) is 6.01. The largest absolute Gasteiger partial charge is 0.377 e. The SMILES string of the molecule is CCC1CCCN(CCC(N)C(C)(C)OC)CC1. The molecule has 2 N–H and O–H groups in total. The van der Waals surface area contributed by atoms with Crippen molar-refractivity contribution in [1.29, 1.82) is 0 Å². The molecule has 1 saturated heterocycles. The van der Waals surface area contributed by atoms with E-state index in [0.717, 1.165) is 18.9 Å². The fraction of sp³-hybridized carbons (Fsp3) is 1.00. The van der Waals surface area contributed by atoms with Crippen LogP contribution in [0.2, 0.25) is 0 Å². The van der Waals surface area contributed by atoms with Crippen molar-refractivity contribution in [2.75, 3.05) is 26.7 Å². The highest BCUT2D eigenvalue weighted by Gasteiger charge is 2.26. The van der Waals surface area contributed by atoms with Crippen LogP contribution in [-0.4, -0.2) is 43.3 Å². The maximum atomic E-state index is 6.22. The highest BCUT2D eigenvalue weighted by atomic mass is 16.5. The topological polar surface area (TPSA) is 38.5 Å². The summed E-state index contributed by atoms with van der Waals surface area (Å²) in [4.78, 5) is 2.58. The Morgan fingerprint density at radius 3 is 2.67 bits per heavy atom. The molecule has 2 atom stereocenters. The fourth-order valence-electron chi connectivity index (χ4n) is 2.68. The van der Waals surface area contributed by atoms with Gasteiger partial charge >= 0.3 is 0 Å². The summed E-state index contributed by atoms with van der Waals surface area (Å²) in [7, 11) is 1.75. The fourth-order valence-corrected chi connectivity index (χ4v) is 2.68. The van der Waals surface area contributed by atoms with Gasteiger partial charge < -0.3 is 15.4 Å². The normalized spacial score (nSPS) is 24.8. The van der Waals surface area contributed by atoms with Crippen LogP contribution in [0.4, 0.5) is 0 Å². The molecule has 0 amide bonds. The molecule has 1 heterocycles. The summed E-state index contributed by atoms with van der Waals surface area (Å²) >= 11 is 0. The molecule has 0 radical (unpaired) electrons. The zero-order chi connectivity index (χ0) is 13.6. The van der Waals surface area contributed by atoms with Crippen LogP contribution in [0.5, 0.6) is 0 Å². The number of likely N-dealkylation sites (tertiary alicyclic amines) is 1. The molecule has 0 aromatic rings. The molecular formula is C15H32N2O. The van der Waals surface area contributed by atoms with Gasteiger partial charge in [0.25, 0.3) is 0 Å². The molecular weight excluding hydrogens is 224 g/mol. The van der Waals surface area contributed by atoms with Gasteiger partial charge in [0.2, 0.25) is 0 Å². The summed E-state index contributed by atoms with van der Waals surface area (Å²) < 4.78 is 5.45. The minimum Gasteiger partial charge on any atom is -0.377 e. The molecule has 1 aliphatic rings. The minimum absolute atomic E-state index is 0.118. The third-order valence-electron chi connectivity index (χ3n) is 4.69. The van der Waals surface area contributed by atoms with E-state index in [2.05, 4.69) is 25.7 Å². The van der Waals surface area contributed by atoms with Crippen molar-refractivity contribution in [3.05, 3.63) is 0 Å². The Kier molecular flexibility index (Phi) is 6.61. The van der Waals surface area contributed by atoms with E-state index in [4.69, 9.17) is 10.5 Å². The highest BCUT2D eigenvalue weighted by molar-refractivity contribution is 4.83. The lowest BCUT2D eigenvalue weighted by Gasteiger charge is -2.32. The number of ether oxygens (including phenoxy) is 1. The Bertz CT molecular complexity index is 231. The molecule has 0 spiro atoms. The second-order valence-electron chi connectivity index (χ2n) is 6.25. The lowest BCUT2D eigenvalue weighted by Crippen LogP contribution is -2.46. The van der Waals surface area contributed by atoms with Crippen LogP contribution in [0.25, 0.3) is 0 Å². The number of nitrogens with zero attached hydrogens (tertiary/aromatic N) is 1. The van der Waals surface area contributed by atoms with Gasteiger partial charge in [0, 0.05) is 13.2 Å². The molecule has 2 unspecified atom stereocenters. The Hall–Kier alpha value is -0.120. The number of methoxy groups -OCH3 is 1. The van der Waals surface area contributed by atoms with Gasteiger partial charge in [0.15, 0.2) is 0 Å². The van der Waals surface area contributed by atoms with Crippen LogP contribution in [0, 0.1) is 5.92 Å². The van der Waals surface area contributed by atoms with Crippen LogP contribution >= 0.6 is 0 Å². The first kappa shape index (κ1) is 15.9. The lowest BCUT2D eigenvalue weighted by atomic mass is 9.96. The summed E-state index contributed by atoms with van der Waals surface area (Å²) in [6.07, 6.45) is 6.48. The summed E-state index contributed by atoms with van der Waals surface area (Å²) in [6, 6.07) is 0.118. The highest BCUT2D eigenvalue weighted by Crippen LogP contribution is 2.21. The Balaban J connectivity index is 2.31. The summed E-state index contributed by atoms with van der Waals surface area (Å²) in [6.45, 7) is 10.1. The van der Waals surface area contributed by atoms with Crippen LogP contribution in [0.15, 0.2) is 0 Å². The number of nitrogens with two attached hydrogens (primary N) is 1. The molecule has 108 valence electrons. The van der Waals surface area contributed by atoms with Gasteiger partial charge in [-0.15, -0.1) is 0 Å². The molecule has 3 nitrogen and oxygen atoms in total. The monoisotopic (exact) mass is 256 g/mol. The van der Waals surface area contributed by atoms with E-state index in [1.807, 2.05) is 0 Å².